The Bertz CT molecular complexity index is 921. The minimum absolute atomic E-state index is 0.0281. The van der Waals surface area contributed by atoms with Crippen LogP contribution in [-0.4, -0.2) is 67.5 Å². The van der Waals surface area contributed by atoms with E-state index < -0.39 is 53.6 Å². The predicted octanol–water partition coefficient (Wildman–Crippen LogP) is -0.822. The summed E-state index contributed by atoms with van der Waals surface area (Å²) < 4.78 is 0. The van der Waals surface area contributed by atoms with E-state index in [1.165, 1.54) is 18.2 Å². The van der Waals surface area contributed by atoms with Gasteiger partial charge < -0.3 is 31.4 Å². The Morgan fingerprint density at radius 2 is 1.69 bits per heavy atom. The van der Waals surface area contributed by atoms with Gasteiger partial charge in [-0.15, -0.1) is 0 Å². The first-order chi connectivity index (χ1) is 16.5. The van der Waals surface area contributed by atoms with Crippen LogP contribution in [0.25, 0.3) is 0 Å². The summed E-state index contributed by atoms with van der Waals surface area (Å²) in [7, 11) is 0. The molecule has 0 spiro atoms. The molecular formula is C24H33N5O6. The lowest BCUT2D eigenvalue weighted by Crippen LogP contribution is -2.53. The first-order valence-electron chi connectivity index (χ1n) is 11.0. The van der Waals surface area contributed by atoms with Crippen LogP contribution in [0.2, 0.25) is 0 Å². The maximum atomic E-state index is 12.7. The summed E-state index contributed by atoms with van der Waals surface area (Å²) in [6, 6.07) is -1.97. The number of hydrogen-bond acceptors (Lipinski definition) is 6. The molecule has 5 N–H and O–H groups in total. The van der Waals surface area contributed by atoms with Gasteiger partial charge in [-0.05, 0) is 11.6 Å². The molecule has 2 atom stereocenters. The van der Waals surface area contributed by atoms with Crippen LogP contribution in [0.3, 0.4) is 0 Å². The predicted molar refractivity (Wildman–Crippen MR) is 130 cm³/mol. The molecule has 0 aliphatic carbocycles. The maximum absolute atomic E-state index is 12.7. The van der Waals surface area contributed by atoms with E-state index in [0.717, 1.165) is 6.08 Å². The molecule has 35 heavy (non-hydrogen) atoms. The van der Waals surface area contributed by atoms with Gasteiger partial charge in [0.25, 0.3) is 0 Å². The number of amides is 5. The van der Waals surface area contributed by atoms with Crippen molar-refractivity contribution in [3.8, 4) is 0 Å². The molecule has 0 aromatic carbocycles. The van der Waals surface area contributed by atoms with Crippen LogP contribution in [0.15, 0.2) is 49.1 Å². The van der Waals surface area contributed by atoms with E-state index in [4.69, 9.17) is 0 Å². The first-order valence-corrected chi connectivity index (χ1v) is 11.0. The molecule has 190 valence electrons. The van der Waals surface area contributed by atoms with E-state index in [2.05, 4.69) is 39.7 Å². The first kappa shape index (κ1) is 29.0. The topological polar surface area (TPSA) is 163 Å². The summed E-state index contributed by atoms with van der Waals surface area (Å²) in [4.78, 5) is 73.1. The van der Waals surface area contributed by atoms with Crippen molar-refractivity contribution in [2.75, 3.05) is 19.6 Å². The summed E-state index contributed by atoms with van der Waals surface area (Å²) in [5.41, 5.74) is -0.230. The van der Waals surface area contributed by atoms with Crippen LogP contribution >= 0.6 is 0 Å². The minimum Gasteiger partial charge on any atom is -0.354 e. The smallest absolute Gasteiger partial charge is 0.244 e. The van der Waals surface area contributed by atoms with E-state index in [1.807, 2.05) is 0 Å². The average molecular weight is 488 g/mol. The Kier molecular flexibility index (Phi) is 11.8. The van der Waals surface area contributed by atoms with Crippen molar-refractivity contribution in [2.24, 2.45) is 5.41 Å². The van der Waals surface area contributed by atoms with Crippen molar-refractivity contribution < 1.29 is 28.8 Å². The number of nitrogens with one attached hydrogen (secondary N) is 5. The van der Waals surface area contributed by atoms with E-state index in [1.54, 1.807) is 19.9 Å². The summed E-state index contributed by atoms with van der Waals surface area (Å²) in [6.07, 6.45) is 7.51. The highest BCUT2D eigenvalue weighted by molar-refractivity contribution is 5.93. The Labute approximate surface area is 204 Å². The van der Waals surface area contributed by atoms with Gasteiger partial charge in [-0.2, -0.15) is 0 Å². The van der Waals surface area contributed by atoms with Crippen molar-refractivity contribution in [1.29, 1.82) is 0 Å². The van der Waals surface area contributed by atoms with E-state index >= 15 is 0 Å². The zero-order valence-electron chi connectivity index (χ0n) is 20.0. The highest BCUT2D eigenvalue weighted by Gasteiger charge is 2.31. The van der Waals surface area contributed by atoms with Gasteiger partial charge in [-0.1, -0.05) is 51.3 Å². The number of carbonyl (C=O) groups excluding carboxylic acids is 6. The second kappa shape index (κ2) is 14.3. The fraction of sp³-hybridized carbons (Fsp3) is 0.417. The molecule has 1 heterocycles. The highest BCUT2D eigenvalue weighted by Crippen LogP contribution is 2.18. The molecule has 11 heteroatoms. The minimum atomic E-state index is -1.05. The number of rotatable bonds is 5. The molecule has 0 fully saturated rings. The van der Waals surface area contributed by atoms with Crippen LogP contribution in [0, 0.1) is 5.41 Å². The summed E-state index contributed by atoms with van der Waals surface area (Å²) in [5.74, 6) is -2.88. The molecule has 0 bridgehead atoms. The van der Waals surface area contributed by atoms with Gasteiger partial charge in [0.1, 0.15) is 12.3 Å². The van der Waals surface area contributed by atoms with Gasteiger partial charge in [0.2, 0.25) is 29.5 Å². The van der Waals surface area contributed by atoms with Crippen molar-refractivity contribution in [2.45, 2.75) is 38.8 Å². The van der Waals surface area contributed by atoms with Gasteiger partial charge in [0.05, 0.1) is 19.1 Å². The Balaban J connectivity index is 3.10. The molecule has 0 aromatic rings. The largest absolute Gasteiger partial charge is 0.354 e. The van der Waals surface area contributed by atoms with Crippen molar-refractivity contribution in [1.82, 2.24) is 26.6 Å². The number of hydrogen-bond donors (Lipinski definition) is 5. The quantitative estimate of drug-likeness (QED) is 0.251. The summed E-state index contributed by atoms with van der Waals surface area (Å²) >= 11 is 0. The lowest BCUT2D eigenvalue weighted by molar-refractivity contribution is -0.130. The van der Waals surface area contributed by atoms with Crippen LogP contribution in [0.1, 0.15) is 26.7 Å². The van der Waals surface area contributed by atoms with Gasteiger partial charge in [0, 0.05) is 24.8 Å². The monoisotopic (exact) mass is 487 g/mol. The molecule has 0 unspecified atom stereocenters. The molecule has 0 saturated carbocycles. The van der Waals surface area contributed by atoms with Crippen LogP contribution < -0.4 is 26.6 Å². The zero-order valence-corrected chi connectivity index (χ0v) is 20.0. The van der Waals surface area contributed by atoms with Crippen LogP contribution in [0.4, 0.5) is 0 Å². The fourth-order valence-electron chi connectivity index (χ4n) is 2.99. The second-order valence-electron chi connectivity index (χ2n) is 8.49. The lowest BCUT2D eigenvalue weighted by Gasteiger charge is -2.31. The van der Waals surface area contributed by atoms with Crippen molar-refractivity contribution in [3.05, 3.63) is 49.1 Å². The standard InChI is InChI=1S/C24H33N5O6/c1-5-8-16(6-2)11-17-23(35)26-12-21(33)27-15-24(3,4)18(14-30)29-20(32)10-7-9-19(31)25-13-22(34)28-17/h5-8,10,14,17-18H,1-2,9,11-13,15H2,3-4H3,(H,25,31)(H,26,35)(H,27,33)(H,28,34)(H,29,32)/b10-7?,16-8+/t17-,18+/m0/s1. The Morgan fingerprint density at radius 3 is 2.31 bits per heavy atom. The molecule has 1 rings (SSSR count). The third-order valence-electron chi connectivity index (χ3n) is 5.14. The van der Waals surface area contributed by atoms with E-state index in [0.29, 0.717) is 11.9 Å². The number of aldehydes is 1. The van der Waals surface area contributed by atoms with Crippen molar-refractivity contribution in [3.63, 3.8) is 0 Å². The third-order valence-corrected chi connectivity index (χ3v) is 5.14. The van der Waals surface area contributed by atoms with Gasteiger partial charge >= 0.3 is 0 Å². The van der Waals surface area contributed by atoms with Gasteiger partial charge in [-0.3, -0.25) is 24.0 Å². The molecule has 0 saturated heterocycles. The molecule has 5 amide bonds. The summed E-state index contributed by atoms with van der Waals surface area (Å²) in [6.45, 7) is 9.87. The second-order valence-corrected chi connectivity index (χ2v) is 8.49. The number of carbonyl (C=O) groups is 6. The van der Waals surface area contributed by atoms with Gasteiger partial charge in [0.15, 0.2) is 0 Å². The Hall–Kier alpha value is -4.02. The molecule has 0 radical (unpaired) electrons. The van der Waals surface area contributed by atoms with E-state index in [-0.39, 0.29) is 25.9 Å². The van der Waals surface area contributed by atoms with E-state index in [9.17, 15) is 28.8 Å². The molecule has 1 aliphatic heterocycles. The normalized spacial score (nSPS) is 23.1. The summed E-state index contributed by atoms with van der Waals surface area (Å²) in [5, 5.41) is 12.5. The lowest BCUT2D eigenvalue weighted by atomic mass is 9.85. The van der Waals surface area contributed by atoms with Crippen molar-refractivity contribution >= 4 is 35.8 Å². The SMILES string of the molecule is C=C/C=C(\C=C)C[C@@H]1NC(=O)CNC(=O)CC=CC(=O)N[C@H](C=O)C(C)(C)CNC(=O)CNC1=O. The molecule has 1 aliphatic rings. The number of allylic oxidation sites excluding steroid dienone is 3. The average Bonchev–Trinajstić information content (AvgIpc) is 2.81. The molecular weight excluding hydrogens is 454 g/mol. The zero-order chi connectivity index (χ0) is 26.4. The Morgan fingerprint density at radius 1 is 1.00 bits per heavy atom. The maximum Gasteiger partial charge on any atom is 0.244 e. The molecule has 0 aromatic heterocycles. The third kappa shape index (κ3) is 10.6. The fourth-order valence-corrected chi connectivity index (χ4v) is 2.99. The van der Waals surface area contributed by atoms with Crippen LogP contribution in [0.5, 0.6) is 0 Å². The molecule has 11 nitrogen and oxygen atoms in total. The van der Waals surface area contributed by atoms with Gasteiger partial charge in [-0.25, -0.2) is 0 Å². The van der Waals surface area contributed by atoms with Crippen LogP contribution in [-0.2, 0) is 28.8 Å². The highest BCUT2D eigenvalue weighted by atomic mass is 16.2.